The Morgan fingerprint density at radius 2 is 2.03 bits per heavy atom. The van der Waals surface area contributed by atoms with Gasteiger partial charge in [-0.25, -0.2) is 9.38 Å². The molecule has 0 N–H and O–H groups in total. The van der Waals surface area contributed by atoms with E-state index in [1.165, 1.54) is 12.1 Å². The predicted molar refractivity (Wildman–Crippen MR) is 116 cm³/mol. The molecule has 0 radical (unpaired) electrons. The molecule has 0 fully saturated rings. The molecule has 1 amide bonds. The number of hydrogen-bond donors (Lipinski definition) is 0. The molecule has 30 heavy (non-hydrogen) atoms. The van der Waals surface area contributed by atoms with Crippen LogP contribution in [0, 0.1) is 5.82 Å². The van der Waals surface area contributed by atoms with Crippen LogP contribution in [0.3, 0.4) is 0 Å². The van der Waals surface area contributed by atoms with Crippen LogP contribution in [0.2, 0.25) is 0 Å². The Morgan fingerprint density at radius 3 is 2.83 bits per heavy atom. The molecule has 156 valence electrons. The van der Waals surface area contributed by atoms with Crippen molar-refractivity contribution in [2.24, 2.45) is 9.98 Å². The van der Waals surface area contributed by atoms with Crippen LogP contribution in [0.5, 0.6) is 5.75 Å². The lowest BCUT2D eigenvalue weighted by Crippen LogP contribution is -2.25. The number of ether oxygens (including phenoxy) is 1. The van der Waals surface area contributed by atoms with Gasteiger partial charge in [0.25, 0.3) is 0 Å². The average molecular weight is 407 g/mol. The highest BCUT2D eigenvalue weighted by Gasteiger charge is 2.24. The quantitative estimate of drug-likeness (QED) is 0.692. The summed E-state index contributed by atoms with van der Waals surface area (Å²) in [5.74, 6) is 1.32. The first-order valence-electron chi connectivity index (χ1n) is 10.3. The summed E-state index contributed by atoms with van der Waals surface area (Å²) in [6.45, 7) is 3.12. The third kappa shape index (κ3) is 4.42. The van der Waals surface area contributed by atoms with E-state index >= 15 is 0 Å². The molecule has 0 aromatic heterocycles. The van der Waals surface area contributed by atoms with Gasteiger partial charge in [-0.3, -0.25) is 9.79 Å². The molecule has 0 spiro atoms. The van der Waals surface area contributed by atoms with Crippen molar-refractivity contribution in [1.82, 2.24) is 4.90 Å². The van der Waals surface area contributed by atoms with Crippen molar-refractivity contribution in [2.75, 3.05) is 7.11 Å². The molecule has 1 atom stereocenters. The Balaban J connectivity index is 1.38. The monoisotopic (exact) mass is 407 g/mol. The van der Waals surface area contributed by atoms with E-state index in [0.29, 0.717) is 25.3 Å². The molecule has 0 bridgehead atoms. The number of amides is 1. The van der Waals surface area contributed by atoms with E-state index in [4.69, 9.17) is 4.74 Å². The highest BCUT2D eigenvalue weighted by Crippen LogP contribution is 2.34. The number of aliphatic imine (C=N–C) groups is 2. The number of carbonyl (C=O) groups excluding carboxylic acids is 1. The first-order valence-corrected chi connectivity index (χ1v) is 10.3. The summed E-state index contributed by atoms with van der Waals surface area (Å²) in [6.07, 6.45) is 5.02. The number of rotatable bonds is 6. The Bertz CT molecular complexity index is 1020. The number of methoxy groups -OCH3 is 1. The van der Waals surface area contributed by atoms with Crippen LogP contribution in [-0.2, 0) is 17.9 Å². The Hall–Kier alpha value is -3.02. The summed E-state index contributed by atoms with van der Waals surface area (Å²) in [5, 5.41) is 0. The van der Waals surface area contributed by atoms with Crippen LogP contribution in [0.4, 0.5) is 4.39 Å². The summed E-state index contributed by atoms with van der Waals surface area (Å²) < 4.78 is 19.1. The topological polar surface area (TPSA) is 54.3 Å². The minimum Gasteiger partial charge on any atom is -0.496 e. The second-order valence-electron chi connectivity index (χ2n) is 7.85. The molecule has 2 aliphatic rings. The fraction of sp³-hybridized carbons (Fsp3) is 0.375. The summed E-state index contributed by atoms with van der Waals surface area (Å²) >= 11 is 0. The maximum Gasteiger partial charge on any atom is 0.223 e. The number of hydrogen-bond acceptors (Lipinski definition) is 4. The maximum atomic E-state index is 13.8. The van der Waals surface area contributed by atoms with Crippen molar-refractivity contribution in [3.8, 4) is 16.9 Å². The third-order valence-corrected chi connectivity index (χ3v) is 5.71. The molecule has 5 nitrogen and oxygen atoms in total. The van der Waals surface area contributed by atoms with Gasteiger partial charge in [-0.1, -0.05) is 12.1 Å². The zero-order valence-corrected chi connectivity index (χ0v) is 17.4. The molecule has 0 saturated carbocycles. The zero-order chi connectivity index (χ0) is 21.1. The third-order valence-electron chi connectivity index (χ3n) is 5.71. The Labute approximate surface area is 176 Å². The van der Waals surface area contributed by atoms with E-state index in [0.717, 1.165) is 47.4 Å². The second-order valence-corrected chi connectivity index (χ2v) is 7.85. The summed E-state index contributed by atoms with van der Waals surface area (Å²) in [6, 6.07) is 10.8. The molecular formula is C24H26FN3O2. The first kappa shape index (κ1) is 20.3. The van der Waals surface area contributed by atoms with Gasteiger partial charge in [-0.2, -0.15) is 0 Å². The fourth-order valence-corrected chi connectivity index (χ4v) is 4.13. The van der Waals surface area contributed by atoms with Crippen molar-refractivity contribution < 1.29 is 13.9 Å². The zero-order valence-electron chi connectivity index (χ0n) is 17.4. The number of amidine groups is 1. The van der Waals surface area contributed by atoms with Gasteiger partial charge in [0.2, 0.25) is 5.91 Å². The lowest BCUT2D eigenvalue weighted by molar-refractivity contribution is -0.131. The summed E-state index contributed by atoms with van der Waals surface area (Å²) in [5.41, 5.74) is 3.87. The van der Waals surface area contributed by atoms with Gasteiger partial charge in [0.1, 0.15) is 17.4 Å². The highest BCUT2D eigenvalue weighted by molar-refractivity contribution is 5.89. The van der Waals surface area contributed by atoms with Crippen LogP contribution in [-0.4, -0.2) is 36.0 Å². The van der Waals surface area contributed by atoms with Gasteiger partial charge in [0.05, 0.1) is 13.2 Å². The number of nitrogens with zero attached hydrogens (tertiary/aromatic N) is 3. The van der Waals surface area contributed by atoms with Crippen LogP contribution < -0.4 is 4.74 Å². The summed E-state index contributed by atoms with van der Waals surface area (Å²) in [4.78, 5) is 23.3. The number of halogens is 1. The van der Waals surface area contributed by atoms with E-state index in [-0.39, 0.29) is 17.8 Å². The van der Waals surface area contributed by atoms with Crippen LogP contribution in [0.25, 0.3) is 11.1 Å². The van der Waals surface area contributed by atoms with Gasteiger partial charge >= 0.3 is 0 Å². The smallest absolute Gasteiger partial charge is 0.223 e. The molecule has 1 unspecified atom stereocenters. The first-order chi connectivity index (χ1) is 14.5. The number of carbonyl (C=O) groups is 1. The summed E-state index contributed by atoms with van der Waals surface area (Å²) in [7, 11) is 1.58. The number of fused-ring (bicyclic) bond motifs is 1. The molecule has 2 aliphatic heterocycles. The lowest BCUT2D eigenvalue weighted by atomic mass is 10.00. The van der Waals surface area contributed by atoms with E-state index in [2.05, 4.69) is 9.98 Å². The minimum atomic E-state index is -0.299. The molecular weight excluding hydrogens is 381 g/mol. The van der Waals surface area contributed by atoms with Crippen molar-refractivity contribution in [3.05, 3.63) is 53.3 Å². The van der Waals surface area contributed by atoms with E-state index in [1.807, 2.05) is 36.2 Å². The van der Waals surface area contributed by atoms with Gasteiger partial charge in [-0.05, 0) is 60.7 Å². The van der Waals surface area contributed by atoms with Crippen molar-refractivity contribution in [1.29, 1.82) is 0 Å². The van der Waals surface area contributed by atoms with Crippen LogP contribution >= 0.6 is 0 Å². The average Bonchev–Trinajstić information content (AvgIpc) is 3.17. The Morgan fingerprint density at radius 1 is 1.20 bits per heavy atom. The largest absolute Gasteiger partial charge is 0.496 e. The van der Waals surface area contributed by atoms with Crippen LogP contribution in [0.15, 0.2) is 46.4 Å². The molecule has 6 heteroatoms. The fourth-order valence-electron chi connectivity index (χ4n) is 4.13. The van der Waals surface area contributed by atoms with Crippen molar-refractivity contribution in [3.63, 3.8) is 0 Å². The van der Waals surface area contributed by atoms with Gasteiger partial charge in [0, 0.05) is 37.7 Å². The number of benzene rings is 2. The van der Waals surface area contributed by atoms with E-state index in [1.54, 1.807) is 13.2 Å². The molecule has 4 rings (SSSR count). The van der Waals surface area contributed by atoms with Gasteiger partial charge in [-0.15, -0.1) is 0 Å². The molecule has 0 saturated heterocycles. The van der Waals surface area contributed by atoms with E-state index < -0.39 is 0 Å². The Kier molecular flexibility index (Phi) is 5.93. The standard InChI is InChI=1S/C24H26FN3O2/c1-16-26-11-10-21(27-16)4-3-5-24(29)28-14-18-7-6-17(12-19(18)15-28)22-13-20(25)8-9-23(22)30-2/h6-9,11-13,21H,3-5,10,14-15H2,1-2H3. The SMILES string of the molecule is COc1ccc(F)cc1-c1ccc2c(c1)CN(C(=O)CCCC1CC=NC(C)=N1)C2. The molecule has 2 heterocycles. The van der Waals surface area contributed by atoms with Gasteiger partial charge in [0.15, 0.2) is 0 Å². The van der Waals surface area contributed by atoms with E-state index in [9.17, 15) is 9.18 Å². The lowest BCUT2D eigenvalue weighted by Gasteiger charge is -2.17. The normalized spacial score (nSPS) is 17.6. The van der Waals surface area contributed by atoms with Crippen molar-refractivity contribution in [2.45, 2.75) is 51.7 Å². The van der Waals surface area contributed by atoms with Crippen molar-refractivity contribution >= 4 is 18.0 Å². The molecule has 2 aromatic carbocycles. The second kappa shape index (κ2) is 8.78. The van der Waals surface area contributed by atoms with Crippen LogP contribution in [0.1, 0.15) is 43.7 Å². The maximum absolute atomic E-state index is 13.8. The predicted octanol–water partition coefficient (Wildman–Crippen LogP) is 4.78. The van der Waals surface area contributed by atoms with Gasteiger partial charge < -0.3 is 9.64 Å². The molecule has 0 aliphatic carbocycles. The highest BCUT2D eigenvalue weighted by atomic mass is 19.1. The minimum absolute atomic E-state index is 0.168. The molecule has 2 aromatic rings.